The van der Waals surface area contributed by atoms with Crippen molar-refractivity contribution in [2.75, 3.05) is 0 Å². The lowest BCUT2D eigenvalue weighted by atomic mass is 9.62. The molecule has 0 aromatic heterocycles. The summed E-state index contributed by atoms with van der Waals surface area (Å²) < 4.78 is 0. The van der Waals surface area contributed by atoms with Crippen LogP contribution in [0.3, 0.4) is 0 Å². The summed E-state index contributed by atoms with van der Waals surface area (Å²) in [6.07, 6.45) is 11.5. The lowest BCUT2D eigenvalue weighted by molar-refractivity contribution is -0.128. The highest BCUT2D eigenvalue weighted by Gasteiger charge is 2.40. The third-order valence-electron chi connectivity index (χ3n) is 3.87. The summed E-state index contributed by atoms with van der Waals surface area (Å²) in [5.74, 6) is 0.760. The van der Waals surface area contributed by atoms with Crippen LogP contribution in [0.1, 0.15) is 45.4 Å². The van der Waals surface area contributed by atoms with Gasteiger partial charge in [0.15, 0.2) is 0 Å². The van der Waals surface area contributed by atoms with Gasteiger partial charge < -0.3 is 0 Å². The Kier molecular flexibility index (Phi) is 2.27. The summed E-state index contributed by atoms with van der Waals surface area (Å²) in [7, 11) is 0. The Balaban J connectivity index is 2.23. The first-order chi connectivity index (χ1) is 6.25. The number of Topliss-reactive ketones (excluding diaryl/α,β-unsaturated/α-hetero) is 1. The van der Waals surface area contributed by atoms with Crippen LogP contribution in [-0.2, 0) is 4.79 Å². The number of hydrogen-bond donors (Lipinski definition) is 0. The molecule has 13 heavy (non-hydrogen) atoms. The SMILES string of the molecule is CC1C(=O)CCCC12C=CCCC2. The first kappa shape index (κ1) is 8.98. The number of ketones is 1. The number of carbonyl (C=O) groups is 1. The van der Waals surface area contributed by atoms with Crippen LogP contribution in [-0.4, -0.2) is 5.78 Å². The van der Waals surface area contributed by atoms with E-state index in [1.807, 2.05) is 0 Å². The summed E-state index contributed by atoms with van der Waals surface area (Å²) in [5, 5.41) is 0. The molecular formula is C12H18O. The first-order valence-corrected chi connectivity index (χ1v) is 5.45. The highest BCUT2D eigenvalue weighted by atomic mass is 16.1. The predicted molar refractivity (Wildman–Crippen MR) is 53.4 cm³/mol. The summed E-state index contributed by atoms with van der Waals surface area (Å²) in [4.78, 5) is 11.6. The molecule has 1 fully saturated rings. The molecule has 0 amide bonds. The lowest BCUT2D eigenvalue weighted by Crippen LogP contribution is -2.37. The van der Waals surface area contributed by atoms with Crippen LogP contribution in [0.2, 0.25) is 0 Å². The zero-order chi connectivity index (χ0) is 9.31. The van der Waals surface area contributed by atoms with Gasteiger partial charge in [-0.05, 0) is 37.5 Å². The van der Waals surface area contributed by atoms with E-state index < -0.39 is 0 Å². The maximum atomic E-state index is 11.6. The normalized spacial score (nSPS) is 39.8. The van der Waals surface area contributed by atoms with E-state index in [1.54, 1.807) is 0 Å². The zero-order valence-corrected chi connectivity index (χ0v) is 8.38. The molecule has 2 atom stereocenters. The third kappa shape index (κ3) is 1.45. The van der Waals surface area contributed by atoms with Gasteiger partial charge in [0, 0.05) is 12.3 Å². The minimum Gasteiger partial charge on any atom is -0.299 e. The Labute approximate surface area is 80.2 Å². The van der Waals surface area contributed by atoms with Gasteiger partial charge in [0.1, 0.15) is 5.78 Å². The molecule has 0 aromatic carbocycles. The van der Waals surface area contributed by atoms with Gasteiger partial charge in [-0.3, -0.25) is 4.79 Å². The van der Waals surface area contributed by atoms with Crippen molar-refractivity contribution in [2.45, 2.75) is 45.4 Å². The van der Waals surface area contributed by atoms with Crippen molar-refractivity contribution in [3.05, 3.63) is 12.2 Å². The van der Waals surface area contributed by atoms with E-state index >= 15 is 0 Å². The van der Waals surface area contributed by atoms with E-state index in [0.29, 0.717) is 5.78 Å². The summed E-state index contributed by atoms with van der Waals surface area (Å²) in [6.45, 7) is 2.12. The van der Waals surface area contributed by atoms with Crippen LogP contribution in [0.15, 0.2) is 12.2 Å². The minimum absolute atomic E-state index is 0.258. The van der Waals surface area contributed by atoms with Gasteiger partial charge in [-0.1, -0.05) is 19.1 Å². The van der Waals surface area contributed by atoms with Gasteiger partial charge in [0.2, 0.25) is 0 Å². The van der Waals surface area contributed by atoms with Gasteiger partial charge in [-0.15, -0.1) is 0 Å². The predicted octanol–water partition coefficient (Wildman–Crippen LogP) is 3.10. The van der Waals surface area contributed by atoms with Gasteiger partial charge in [-0.25, -0.2) is 0 Å². The van der Waals surface area contributed by atoms with Crippen LogP contribution >= 0.6 is 0 Å². The van der Waals surface area contributed by atoms with Crippen molar-refractivity contribution in [1.29, 1.82) is 0 Å². The molecule has 72 valence electrons. The maximum absolute atomic E-state index is 11.6. The summed E-state index contributed by atoms with van der Waals surface area (Å²) in [5.41, 5.74) is 0.258. The number of allylic oxidation sites excluding steroid dienone is 2. The van der Waals surface area contributed by atoms with E-state index in [2.05, 4.69) is 19.1 Å². The molecule has 0 N–H and O–H groups in total. The molecule has 0 aliphatic heterocycles. The van der Waals surface area contributed by atoms with Crippen LogP contribution < -0.4 is 0 Å². The Morgan fingerprint density at radius 1 is 1.38 bits per heavy atom. The molecule has 1 spiro atoms. The van der Waals surface area contributed by atoms with Gasteiger partial charge >= 0.3 is 0 Å². The number of rotatable bonds is 0. The second kappa shape index (κ2) is 3.28. The molecule has 2 unspecified atom stereocenters. The first-order valence-electron chi connectivity index (χ1n) is 5.45. The quantitative estimate of drug-likeness (QED) is 0.521. The largest absolute Gasteiger partial charge is 0.299 e. The zero-order valence-electron chi connectivity index (χ0n) is 8.38. The van der Waals surface area contributed by atoms with Crippen LogP contribution in [0.25, 0.3) is 0 Å². The molecule has 0 bridgehead atoms. The molecule has 2 rings (SSSR count). The molecule has 0 aromatic rings. The average molecular weight is 178 g/mol. The number of hydrogen-bond acceptors (Lipinski definition) is 1. The fourth-order valence-electron chi connectivity index (χ4n) is 2.86. The Morgan fingerprint density at radius 3 is 2.85 bits per heavy atom. The van der Waals surface area contributed by atoms with Gasteiger partial charge in [0.05, 0.1) is 0 Å². The van der Waals surface area contributed by atoms with Crippen molar-refractivity contribution in [2.24, 2.45) is 11.3 Å². The fraction of sp³-hybridized carbons (Fsp3) is 0.750. The van der Waals surface area contributed by atoms with E-state index in [1.165, 1.54) is 25.7 Å². The van der Waals surface area contributed by atoms with E-state index in [0.717, 1.165) is 12.8 Å². The summed E-state index contributed by atoms with van der Waals surface area (Å²) >= 11 is 0. The highest BCUT2D eigenvalue weighted by Crippen LogP contribution is 2.46. The highest BCUT2D eigenvalue weighted by molar-refractivity contribution is 5.82. The van der Waals surface area contributed by atoms with Crippen LogP contribution in [0.5, 0.6) is 0 Å². The van der Waals surface area contributed by atoms with Gasteiger partial charge in [-0.2, -0.15) is 0 Å². The van der Waals surface area contributed by atoms with Crippen molar-refractivity contribution in [1.82, 2.24) is 0 Å². The fourth-order valence-corrected chi connectivity index (χ4v) is 2.86. The molecule has 1 heteroatoms. The standard InChI is InChI=1S/C12H18O/c1-10-11(13)6-5-9-12(10)7-3-2-4-8-12/h3,7,10H,2,4-6,8-9H2,1H3. The molecule has 2 aliphatic carbocycles. The molecule has 0 heterocycles. The molecule has 1 saturated carbocycles. The lowest BCUT2D eigenvalue weighted by Gasteiger charge is -2.41. The van der Waals surface area contributed by atoms with E-state index in [9.17, 15) is 4.79 Å². The molecule has 1 nitrogen and oxygen atoms in total. The van der Waals surface area contributed by atoms with E-state index in [4.69, 9.17) is 0 Å². The smallest absolute Gasteiger partial charge is 0.136 e. The molecule has 0 radical (unpaired) electrons. The molecule has 0 saturated heterocycles. The molecule has 2 aliphatic rings. The Hall–Kier alpha value is -0.590. The Bertz CT molecular complexity index is 242. The van der Waals surface area contributed by atoms with E-state index in [-0.39, 0.29) is 11.3 Å². The maximum Gasteiger partial charge on any atom is 0.136 e. The van der Waals surface area contributed by atoms with Crippen molar-refractivity contribution >= 4 is 5.78 Å². The number of carbonyl (C=O) groups excluding carboxylic acids is 1. The van der Waals surface area contributed by atoms with Crippen LogP contribution in [0.4, 0.5) is 0 Å². The second-order valence-corrected chi connectivity index (χ2v) is 4.57. The van der Waals surface area contributed by atoms with Gasteiger partial charge in [0.25, 0.3) is 0 Å². The van der Waals surface area contributed by atoms with Crippen molar-refractivity contribution in [3.63, 3.8) is 0 Å². The van der Waals surface area contributed by atoms with Crippen molar-refractivity contribution in [3.8, 4) is 0 Å². The average Bonchev–Trinajstić information content (AvgIpc) is 2.16. The topological polar surface area (TPSA) is 17.1 Å². The van der Waals surface area contributed by atoms with Crippen LogP contribution in [0, 0.1) is 11.3 Å². The monoisotopic (exact) mass is 178 g/mol. The minimum atomic E-state index is 0.258. The Morgan fingerprint density at radius 2 is 2.15 bits per heavy atom. The van der Waals surface area contributed by atoms with Crippen molar-refractivity contribution < 1.29 is 4.79 Å². The summed E-state index contributed by atoms with van der Waals surface area (Å²) in [6, 6.07) is 0. The third-order valence-corrected chi connectivity index (χ3v) is 3.87. The second-order valence-electron chi connectivity index (χ2n) is 4.57. The molecular weight excluding hydrogens is 160 g/mol.